The molecule has 6 bridgehead atoms. The van der Waals surface area contributed by atoms with Gasteiger partial charge in [0.1, 0.15) is 5.60 Å². The fraction of sp³-hybridized carbons (Fsp3) is 0.333. The van der Waals surface area contributed by atoms with Crippen LogP contribution < -0.4 is 4.74 Å². The molecule has 4 aromatic rings. The Labute approximate surface area is 240 Å². The Morgan fingerprint density at radius 2 is 1.68 bits per heavy atom. The van der Waals surface area contributed by atoms with E-state index in [0.717, 1.165) is 58.0 Å². The van der Waals surface area contributed by atoms with E-state index < -0.39 is 5.60 Å². The molecule has 1 unspecified atom stereocenters. The van der Waals surface area contributed by atoms with Crippen molar-refractivity contribution in [1.82, 2.24) is 4.98 Å². The summed E-state index contributed by atoms with van der Waals surface area (Å²) in [6.45, 7) is 14.0. The summed E-state index contributed by atoms with van der Waals surface area (Å²) in [4.78, 5) is 9.05. The summed E-state index contributed by atoms with van der Waals surface area (Å²) in [5, 5.41) is 13.5. The monoisotopic (exact) mass is 536 g/mol. The number of aliphatic hydroxyl groups is 1. The van der Waals surface area contributed by atoms with Gasteiger partial charge in [0.2, 0.25) is 5.88 Å². The molecule has 1 aliphatic carbocycles. The zero-order chi connectivity index (χ0) is 29.3. The molecule has 1 N–H and O–H groups in total. The molecule has 4 nitrogen and oxygen atoms in total. The van der Waals surface area contributed by atoms with Crippen LogP contribution >= 0.6 is 0 Å². The minimum atomic E-state index is -1.34. The topological polar surface area (TPSA) is 54.7 Å². The molecule has 0 radical (unpaired) electrons. The molecule has 0 saturated carbocycles. The van der Waals surface area contributed by atoms with E-state index in [2.05, 4.69) is 54.4 Å². The molecule has 0 fully saturated rings. The van der Waals surface area contributed by atoms with Gasteiger partial charge in [0.05, 0.1) is 12.6 Å². The standard InChI is InChI=1S/C32H32N2O2.2C2H6/c1-5-33-20-22(3)32(35)26-13-12-21(2)24(17-26)10-6-8-23-9-7-11-25(16-23)28-19-31(36-4)34-30-15-14-27(32)18-29(28)30;2*1-2/h5,7,9,11-20,35H,6,8,10H2,1-4H3;2*1-2H3/b22-20+,33-5?;;. The Balaban J connectivity index is 0.00000106. The van der Waals surface area contributed by atoms with Crippen LogP contribution in [0.3, 0.4) is 0 Å². The van der Waals surface area contributed by atoms with Crippen molar-refractivity contribution in [2.45, 2.75) is 73.3 Å². The molecule has 3 aromatic carbocycles. The lowest BCUT2D eigenvalue weighted by atomic mass is 9.78. The number of nitrogens with zero attached hydrogens (tertiary/aromatic N) is 2. The number of hydrogen-bond acceptors (Lipinski definition) is 4. The first-order valence-electron chi connectivity index (χ1n) is 14.5. The highest BCUT2D eigenvalue weighted by Crippen LogP contribution is 2.41. The summed E-state index contributed by atoms with van der Waals surface area (Å²) < 4.78 is 5.55. The Bertz CT molecular complexity index is 1500. The summed E-state index contributed by atoms with van der Waals surface area (Å²) in [6, 6.07) is 23.1. The van der Waals surface area contributed by atoms with Gasteiger partial charge in [0.25, 0.3) is 0 Å². The van der Waals surface area contributed by atoms with Crippen LogP contribution in [0.1, 0.15) is 75.8 Å². The molecule has 40 heavy (non-hydrogen) atoms. The molecule has 5 rings (SSSR count). The smallest absolute Gasteiger partial charge is 0.214 e. The van der Waals surface area contributed by atoms with Crippen molar-refractivity contribution in [2.75, 3.05) is 7.11 Å². The Hall–Kier alpha value is -3.76. The normalized spacial score (nSPS) is 16.5. The molecule has 0 amide bonds. The van der Waals surface area contributed by atoms with E-state index in [1.165, 1.54) is 16.7 Å². The van der Waals surface area contributed by atoms with Gasteiger partial charge in [-0.2, -0.15) is 0 Å². The van der Waals surface area contributed by atoms with Crippen molar-refractivity contribution < 1.29 is 9.84 Å². The highest BCUT2D eigenvalue weighted by atomic mass is 16.5. The summed E-state index contributed by atoms with van der Waals surface area (Å²) >= 11 is 0. The van der Waals surface area contributed by atoms with Gasteiger partial charge in [-0.25, -0.2) is 4.98 Å². The number of methoxy groups -OCH3 is 1. The SMILES string of the molecule is CC.CC.CC=N/C=C(\C)C1(O)c2ccc(C)c(c2)CCCc2cccc(c2)-c2cc(OC)nc3ccc1cc23. The first kappa shape index (κ1) is 30.8. The van der Waals surface area contributed by atoms with Crippen LogP contribution in [0.5, 0.6) is 5.88 Å². The van der Waals surface area contributed by atoms with Crippen LogP contribution in [0.25, 0.3) is 22.0 Å². The third kappa shape index (κ3) is 6.18. The average molecular weight is 537 g/mol. The Morgan fingerprint density at radius 1 is 0.950 bits per heavy atom. The molecule has 1 heterocycles. The highest BCUT2D eigenvalue weighted by molar-refractivity contribution is 5.96. The average Bonchev–Trinajstić information content (AvgIpc) is 3.01. The van der Waals surface area contributed by atoms with Crippen molar-refractivity contribution in [3.8, 4) is 17.0 Å². The predicted molar refractivity (Wildman–Crippen MR) is 171 cm³/mol. The zero-order valence-corrected chi connectivity index (χ0v) is 25.4. The zero-order valence-electron chi connectivity index (χ0n) is 25.4. The first-order valence-corrected chi connectivity index (χ1v) is 14.5. The molecular weight excluding hydrogens is 492 g/mol. The van der Waals surface area contributed by atoms with Crippen LogP contribution in [0.2, 0.25) is 0 Å². The third-order valence-electron chi connectivity index (χ3n) is 7.32. The molecule has 0 spiro atoms. The van der Waals surface area contributed by atoms with Gasteiger partial charge in [-0.1, -0.05) is 76.2 Å². The number of fused-ring (bicyclic) bond motifs is 6. The van der Waals surface area contributed by atoms with Gasteiger partial charge in [0.15, 0.2) is 0 Å². The number of hydrogen-bond donors (Lipinski definition) is 1. The van der Waals surface area contributed by atoms with E-state index in [0.29, 0.717) is 5.88 Å². The van der Waals surface area contributed by atoms with Crippen molar-refractivity contribution in [2.24, 2.45) is 4.99 Å². The molecular formula is C36H44N2O2. The molecule has 1 aliphatic rings. The maximum atomic E-state index is 12.5. The Kier molecular flexibility index (Phi) is 10.8. The Morgan fingerprint density at radius 3 is 2.40 bits per heavy atom. The van der Waals surface area contributed by atoms with Crippen molar-refractivity contribution in [3.05, 3.63) is 106 Å². The van der Waals surface area contributed by atoms with E-state index in [9.17, 15) is 5.11 Å². The number of rotatable bonds is 3. The van der Waals surface area contributed by atoms with E-state index in [1.807, 2.05) is 65.8 Å². The summed E-state index contributed by atoms with van der Waals surface area (Å²) in [7, 11) is 1.64. The first-order chi connectivity index (χ1) is 19.4. The molecule has 4 heteroatoms. The van der Waals surface area contributed by atoms with Crippen LogP contribution in [0.4, 0.5) is 0 Å². The predicted octanol–water partition coefficient (Wildman–Crippen LogP) is 8.99. The number of aryl methyl sites for hydroxylation is 3. The lowest BCUT2D eigenvalue weighted by Gasteiger charge is -2.31. The number of pyridine rings is 1. The second-order valence-corrected chi connectivity index (χ2v) is 9.57. The fourth-order valence-electron chi connectivity index (χ4n) is 5.21. The van der Waals surface area contributed by atoms with Crippen LogP contribution in [0, 0.1) is 6.92 Å². The molecule has 1 aromatic heterocycles. The summed E-state index contributed by atoms with van der Waals surface area (Å²) in [5.41, 5.74) is 7.85. The molecule has 0 aliphatic heterocycles. The largest absolute Gasteiger partial charge is 0.481 e. The van der Waals surface area contributed by atoms with Crippen molar-refractivity contribution >= 4 is 17.1 Å². The van der Waals surface area contributed by atoms with Gasteiger partial charge in [-0.15, -0.1) is 0 Å². The number of ether oxygens (including phenoxy) is 1. The van der Waals surface area contributed by atoms with E-state index >= 15 is 0 Å². The maximum absolute atomic E-state index is 12.5. The second kappa shape index (κ2) is 14.0. The number of benzene rings is 3. The van der Waals surface area contributed by atoms with Crippen LogP contribution in [0.15, 0.2) is 83.5 Å². The summed E-state index contributed by atoms with van der Waals surface area (Å²) in [6.07, 6.45) is 6.45. The fourth-order valence-corrected chi connectivity index (χ4v) is 5.21. The van der Waals surface area contributed by atoms with Gasteiger partial charge >= 0.3 is 0 Å². The summed E-state index contributed by atoms with van der Waals surface area (Å²) in [5.74, 6) is 0.573. The van der Waals surface area contributed by atoms with E-state index in [-0.39, 0.29) is 0 Å². The number of aliphatic imine (C=N–C) groups is 1. The molecule has 1 atom stereocenters. The highest BCUT2D eigenvalue weighted by Gasteiger charge is 2.35. The van der Waals surface area contributed by atoms with Gasteiger partial charge in [0, 0.05) is 23.9 Å². The minimum Gasteiger partial charge on any atom is -0.481 e. The third-order valence-corrected chi connectivity index (χ3v) is 7.32. The maximum Gasteiger partial charge on any atom is 0.214 e. The molecule has 0 saturated heterocycles. The minimum absolute atomic E-state index is 0.573. The van der Waals surface area contributed by atoms with E-state index in [4.69, 9.17) is 9.72 Å². The number of aromatic nitrogens is 1. The van der Waals surface area contributed by atoms with Crippen molar-refractivity contribution in [3.63, 3.8) is 0 Å². The second-order valence-electron chi connectivity index (χ2n) is 9.57. The van der Waals surface area contributed by atoms with Crippen molar-refractivity contribution in [1.29, 1.82) is 0 Å². The lowest BCUT2D eigenvalue weighted by molar-refractivity contribution is 0.121. The van der Waals surface area contributed by atoms with Gasteiger partial charge in [-0.3, -0.25) is 4.99 Å². The lowest BCUT2D eigenvalue weighted by Crippen LogP contribution is -2.29. The van der Waals surface area contributed by atoms with Crippen LogP contribution in [-0.4, -0.2) is 23.4 Å². The molecule has 210 valence electrons. The van der Waals surface area contributed by atoms with Gasteiger partial charge < -0.3 is 9.84 Å². The quantitative estimate of drug-likeness (QED) is 0.266. The van der Waals surface area contributed by atoms with E-state index in [1.54, 1.807) is 19.5 Å². The van der Waals surface area contributed by atoms with Gasteiger partial charge in [-0.05, 0) is 96.7 Å². The van der Waals surface area contributed by atoms with Crippen LogP contribution in [-0.2, 0) is 18.4 Å².